The fraction of sp³-hybridized carbons (Fsp3) is 0.348. The van der Waals surface area contributed by atoms with Crippen LogP contribution in [-0.2, 0) is 30.9 Å². The van der Waals surface area contributed by atoms with E-state index in [2.05, 4.69) is 27.0 Å². The molecule has 0 fully saturated rings. The molecule has 0 unspecified atom stereocenters. The second kappa shape index (κ2) is 9.19. The number of benzene rings is 1. The fourth-order valence-corrected chi connectivity index (χ4v) is 3.78. The Bertz CT molecular complexity index is 1070. The molecule has 0 radical (unpaired) electrons. The molecule has 1 N–H and O–H groups in total. The molecule has 0 saturated heterocycles. The smallest absolute Gasteiger partial charge is 0.255 e. The number of hydrogen-bond donors (Lipinski definition) is 1. The van der Waals surface area contributed by atoms with Crippen LogP contribution in [0.3, 0.4) is 0 Å². The molecule has 4 rings (SSSR count). The Labute approximate surface area is 175 Å². The van der Waals surface area contributed by atoms with Crippen LogP contribution in [0.4, 0.5) is 0 Å². The number of ether oxygens (including phenoxy) is 2. The topological polar surface area (TPSA) is 80.3 Å². The van der Waals surface area contributed by atoms with E-state index in [4.69, 9.17) is 14.5 Å². The van der Waals surface area contributed by atoms with Gasteiger partial charge in [0.2, 0.25) is 0 Å². The number of aromatic amines is 1. The molecule has 3 aromatic rings. The van der Waals surface area contributed by atoms with Gasteiger partial charge in [0.1, 0.15) is 11.6 Å². The summed E-state index contributed by atoms with van der Waals surface area (Å²) in [5, 5.41) is 0. The predicted octanol–water partition coefficient (Wildman–Crippen LogP) is 2.94. The summed E-state index contributed by atoms with van der Waals surface area (Å²) in [7, 11) is 1.67. The van der Waals surface area contributed by atoms with Crippen LogP contribution in [0.1, 0.15) is 29.3 Å². The molecule has 7 heteroatoms. The van der Waals surface area contributed by atoms with Crippen LogP contribution >= 0.6 is 0 Å². The minimum absolute atomic E-state index is 0.0664. The minimum Gasteiger partial charge on any atom is -0.496 e. The molecule has 156 valence electrons. The molecule has 0 aliphatic carbocycles. The van der Waals surface area contributed by atoms with Gasteiger partial charge in [-0.15, -0.1) is 0 Å². The third kappa shape index (κ3) is 4.42. The molecule has 0 spiro atoms. The molecule has 3 heterocycles. The quantitative estimate of drug-likeness (QED) is 0.650. The van der Waals surface area contributed by atoms with Gasteiger partial charge in [-0.05, 0) is 36.8 Å². The highest BCUT2D eigenvalue weighted by Crippen LogP contribution is 2.24. The number of nitrogens with zero attached hydrogens (tertiary/aromatic N) is 3. The van der Waals surface area contributed by atoms with Crippen LogP contribution in [0.25, 0.3) is 11.4 Å². The van der Waals surface area contributed by atoms with Gasteiger partial charge in [0.25, 0.3) is 5.56 Å². The van der Waals surface area contributed by atoms with E-state index in [1.165, 1.54) is 5.56 Å². The summed E-state index contributed by atoms with van der Waals surface area (Å²) < 4.78 is 11.0. The summed E-state index contributed by atoms with van der Waals surface area (Å²) in [4.78, 5) is 26.7. The Morgan fingerprint density at radius 3 is 2.80 bits per heavy atom. The van der Waals surface area contributed by atoms with Gasteiger partial charge in [0.15, 0.2) is 0 Å². The Morgan fingerprint density at radius 2 is 2.03 bits per heavy atom. The summed E-state index contributed by atoms with van der Waals surface area (Å²) in [5.41, 5.74) is 4.65. The third-order valence-corrected chi connectivity index (χ3v) is 5.31. The highest BCUT2D eigenvalue weighted by Gasteiger charge is 2.22. The molecular weight excluding hydrogens is 380 g/mol. The zero-order chi connectivity index (χ0) is 20.9. The first kappa shape index (κ1) is 20.3. The van der Waals surface area contributed by atoms with Crippen LogP contribution in [0, 0.1) is 0 Å². The van der Waals surface area contributed by atoms with E-state index in [1.54, 1.807) is 19.5 Å². The molecule has 30 heavy (non-hydrogen) atoms. The van der Waals surface area contributed by atoms with Gasteiger partial charge in [-0.3, -0.25) is 14.7 Å². The zero-order valence-electron chi connectivity index (χ0n) is 17.4. The molecular formula is C23H26N4O3. The summed E-state index contributed by atoms with van der Waals surface area (Å²) >= 11 is 0. The number of H-pyrrole nitrogens is 1. The van der Waals surface area contributed by atoms with Crippen LogP contribution in [0.15, 0.2) is 47.5 Å². The molecule has 2 aromatic heterocycles. The van der Waals surface area contributed by atoms with E-state index < -0.39 is 0 Å². The third-order valence-electron chi connectivity index (χ3n) is 5.31. The van der Waals surface area contributed by atoms with Crippen molar-refractivity contribution in [2.75, 3.05) is 20.3 Å². The maximum atomic E-state index is 12.7. The summed E-state index contributed by atoms with van der Waals surface area (Å²) in [6.07, 6.45) is 4.15. The normalized spacial score (nSPS) is 13.8. The number of fused-ring (bicyclic) bond motifs is 1. The van der Waals surface area contributed by atoms with Crippen molar-refractivity contribution in [2.45, 2.75) is 33.0 Å². The summed E-state index contributed by atoms with van der Waals surface area (Å²) in [6.45, 7) is 5.36. The lowest BCUT2D eigenvalue weighted by Gasteiger charge is -2.28. The SMILES string of the molecule is CCOCc1cc(CN2CCc3nc(-c4ccncc4)[nH]c(=O)c3C2)ccc1OC. The number of nitrogens with one attached hydrogen (secondary N) is 1. The van der Waals surface area contributed by atoms with Gasteiger partial charge < -0.3 is 14.5 Å². The number of methoxy groups -OCH3 is 1. The molecule has 0 saturated carbocycles. The molecule has 1 aliphatic heterocycles. The van der Waals surface area contributed by atoms with Crippen LogP contribution < -0.4 is 10.3 Å². The van der Waals surface area contributed by atoms with Crippen molar-refractivity contribution in [3.8, 4) is 17.1 Å². The van der Waals surface area contributed by atoms with Crippen molar-refractivity contribution in [2.24, 2.45) is 0 Å². The number of aromatic nitrogens is 3. The second-order valence-corrected chi connectivity index (χ2v) is 7.32. The Morgan fingerprint density at radius 1 is 1.20 bits per heavy atom. The average Bonchev–Trinajstić information content (AvgIpc) is 2.78. The zero-order valence-corrected chi connectivity index (χ0v) is 17.4. The van der Waals surface area contributed by atoms with Gasteiger partial charge in [0.05, 0.1) is 25.0 Å². The Hall–Kier alpha value is -3.03. The first-order chi connectivity index (χ1) is 14.7. The summed E-state index contributed by atoms with van der Waals surface area (Å²) in [6, 6.07) is 9.88. The predicted molar refractivity (Wildman–Crippen MR) is 114 cm³/mol. The standard InChI is InChI=1S/C23H26N4O3/c1-3-30-15-18-12-16(4-5-21(18)29-2)13-27-11-8-20-19(14-27)23(28)26-22(25-20)17-6-9-24-10-7-17/h4-7,9-10,12H,3,8,11,13-15H2,1-2H3,(H,25,26,28). The van der Waals surface area contributed by atoms with Gasteiger partial charge in [-0.25, -0.2) is 4.98 Å². The van der Waals surface area contributed by atoms with E-state index in [0.717, 1.165) is 47.6 Å². The molecule has 1 aromatic carbocycles. The molecule has 0 amide bonds. The van der Waals surface area contributed by atoms with Gasteiger partial charge in [-0.2, -0.15) is 0 Å². The first-order valence-corrected chi connectivity index (χ1v) is 10.2. The molecule has 0 bridgehead atoms. The maximum absolute atomic E-state index is 12.7. The van der Waals surface area contributed by atoms with Crippen molar-refractivity contribution in [1.82, 2.24) is 19.9 Å². The largest absolute Gasteiger partial charge is 0.496 e. The first-order valence-electron chi connectivity index (χ1n) is 10.2. The molecule has 1 aliphatic rings. The second-order valence-electron chi connectivity index (χ2n) is 7.32. The minimum atomic E-state index is -0.0664. The van der Waals surface area contributed by atoms with Crippen molar-refractivity contribution in [3.63, 3.8) is 0 Å². The van der Waals surface area contributed by atoms with Crippen LogP contribution in [0.2, 0.25) is 0 Å². The summed E-state index contributed by atoms with van der Waals surface area (Å²) in [5.74, 6) is 1.44. The van der Waals surface area contributed by atoms with E-state index in [1.807, 2.05) is 25.1 Å². The number of hydrogen-bond acceptors (Lipinski definition) is 6. The highest BCUT2D eigenvalue weighted by molar-refractivity contribution is 5.54. The van der Waals surface area contributed by atoms with Crippen molar-refractivity contribution < 1.29 is 9.47 Å². The lowest BCUT2D eigenvalue weighted by molar-refractivity contribution is 0.132. The van der Waals surface area contributed by atoms with Crippen molar-refractivity contribution in [3.05, 3.63) is 75.5 Å². The maximum Gasteiger partial charge on any atom is 0.255 e. The fourth-order valence-electron chi connectivity index (χ4n) is 3.78. The molecule has 7 nitrogen and oxygen atoms in total. The van der Waals surface area contributed by atoms with Crippen LogP contribution in [0.5, 0.6) is 5.75 Å². The van der Waals surface area contributed by atoms with E-state index in [-0.39, 0.29) is 5.56 Å². The van der Waals surface area contributed by atoms with Gasteiger partial charge >= 0.3 is 0 Å². The van der Waals surface area contributed by atoms with Crippen molar-refractivity contribution in [1.29, 1.82) is 0 Å². The average molecular weight is 406 g/mol. The Balaban J connectivity index is 1.52. The van der Waals surface area contributed by atoms with Gasteiger partial charge in [0, 0.05) is 56.2 Å². The van der Waals surface area contributed by atoms with Crippen molar-refractivity contribution >= 4 is 0 Å². The van der Waals surface area contributed by atoms with E-state index in [9.17, 15) is 4.79 Å². The monoisotopic (exact) mass is 406 g/mol. The lowest BCUT2D eigenvalue weighted by Crippen LogP contribution is -2.35. The molecule has 0 atom stereocenters. The van der Waals surface area contributed by atoms with E-state index >= 15 is 0 Å². The Kier molecular flexibility index (Phi) is 6.21. The van der Waals surface area contributed by atoms with E-state index in [0.29, 0.717) is 25.6 Å². The van der Waals surface area contributed by atoms with Gasteiger partial charge in [-0.1, -0.05) is 6.07 Å². The number of pyridine rings is 1. The highest BCUT2D eigenvalue weighted by atomic mass is 16.5. The lowest BCUT2D eigenvalue weighted by atomic mass is 10.0. The number of rotatable bonds is 7. The van der Waals surface area contributed by atoms with Crippen LogP contribution in [-0.4, -0.2) is 40.1 Å².